The van der Waals surface area contributed by atoms with Gasteiger partial charge in [-0.3, -0.25) is 4.79 Å². The van der Waals surface area contributed by atoms with Crippen molar-refractivity contribution in [2.24, 2.45) is 0 Å². The maximum atomic E-state index is 13.5. The van der Waals surface area contributed by atoms with Crippen LogP contribution in [-0.2, 0) is 16.8 Å². The summed E-state index contributed by atoms with van der Waals surface area (Å²) in [5, 5.41) is 0. The molecule has 4 rings (SSSR count). The maximum Gasteiger partial charge on any atom is 0.233 e. The Morgan fingerprint density at radius 2 is 1.69 bits per heavy atom. The molecule has 2 fully saturated rings. The zero-order valence-electron chi connectivity index (χ0n) is 16.3. The smallest absolute Gasteiger partial charge is 0.233 e. The molecular formula is C22H33N3O. The topological polar surface area (TPSA) is 26.8 Å². The monoisotopic (exact) mass is 355 g/mol. The quantitative estimate of drug-likeness (QED) is 0.831. The molecule has 0 radical (unpaired) electrons. The van der Waals surface area contributed by atoms with Crippen molar-refractivity contribution in [1.29, 1.82) is 0 Å². The third kappa shape index (κ3) is 3.41. The van der Waals surface area contributed by atoms with Gasteiger partial charge in [0.25, 0.3) is 0 Å². The molecule has 4 heteroatoms. The second kappa shape index (κ2) is 7.69. The molecule has 26 heavy (non-hydrogen) atoms. The number of hydrogen-bond acceptors (Lipinski definition) is 3. The minimum atomic E-state index is -0.221. The van der Waals surface area contributed by atoms with Gasteiger partial charge in [0.1, 0.15) is 0 Å². The molecule has 1 aromatic carbocycles. The number of carbonyl (C=O) groups is 1. The first-order valence-corrected chi connectivity index (χ1v) is 10.5. The van der Waals surface area contributed by atoms with E-state index >= 15 is 0 Å². The summed E-state index contributed by atoms with van der Waals surface area (Å²) in [6.45, 7) is 7.49. The van der Waals surface area contributed by atoms with Crippen molar-refractivity contribution in [2.75, 3.05) is 46.3 Å². The summed E-state index contributed by atoms with van der Waals surface area (Å²) in [4.78, 5) is 20.6. The normalized spacial score (nSPS) is 24.0. The van der Waals surface area contributed by atoms with E-state index in [-0.39, 0.29) is 5.41 Å². The molecule has 1 aromatic rings. The van der Waals surface area contributed by atoms with Crippen molar-refractivity contribution in [2.45, 2.75) is 50.5 Å². The minimum absolute atomic E-state index is 0.221. The number of rotatable bonds is 4. The number of likely N-dealkylation sites (N-methyl/N-ethyl adjacent to an activating group) is 1. The molecule has 0 unspecified atom stereocenters. The summed E-state index contributed by atoms with van der Waals surface area (Å²) in [6, 6.07) is 8.71. The van der Waals surface area contributed by atoms with Gasteiger partial charge in [0, 0.05) is 39.3 Å². The number of hydrogen-bond donors (Lipinski definition) is 0. The first-order valence-electron chi connectivity index (χ1n) is 10.5. The Morgan fingerprint density at radius 1 is 0.962 bits per heavy atom. The second-order valence-electron chi connectivity index (χ2n) is 8.53. The Kier molecular flexibility index (Phi) is 5.32. The molecule has 4 nitrogen and oxygen atoms in total. The highest BCUT2D eigenvalue weighted by molar-refractivity contribution is 5.90. The summed E-state index contributed by atoms with van der Waals surface area (Å²) >= 11 is 0. The fourth-order valence-corrected chi connectivity index (χ4v) is 5.20. The van der Waals surface area contributed by atoms with Crippen molar-refractivity contribution in [3.63, 3.8) is 0 Å². The molecule has 1 saturated heterocycles. The lowest BCUT2D eigenvalue weighted by atomic mass is 9.65. The summed E-state index contributed by atoms with van der Waals surface area (Å²) in [5.74, 6) is 0.411. The van der Waals surface area contributed by atoms with Gasteiger partial charge in [-0.25, -0.2) is 0 Å². The number of piperazine rings is 1. The molecular weight excluding hydrogens is 322 g/mol. The van der Waals surface area contributed by atoms with Crippen molar-refractivity contribution in [3.05, 3.63) is 35.4 Å². The van der Waals surface area contributed by atoms with Gasteiger partial charge in [0.2, 0.25) is 5.91 Å². The first kappa shape index (κ1) is 18.0. The Balaban J connectivity index is 1.43. The van der Waals surface area contributed by atoms with Crippen LogP contribution < -0.4 is 0 Å². The van der Waals surface area contributed by atoms with E-state index in [0.717, 1.165) is 52.0 Å². The molecule has 0 aromatic heterocycles. The fraction of sp³-hybridized carbons (Fsp3) is 0.682. The van der Waals surface area contributed by atoms with Crippen LogP contribution in [0.3, 0.4) is 0 Å². The van der Waals surface area contributed by atoms with Crippen molar-refractivity contribution >= 4 is 5.91 Å². The molecule has 1 amide bonds. The highest BCUT2D eigenvalue weighted by Crippen LogP contribution is 2.45. The average molecular weight is 356 g/mol. The van der Waals surface area contributed by atoms with Gasteiger partial charge in [0.05, 0.1) is 5.41 Å². The first-order chi connectivity index (χ1) is 12.7. The highest BCUT2D eigenvalue weighted by atomic mass is 16.2. The molecule has 1 spiro atoms. The molecule has 3 aliphatic rings. The van der Waals surface area contributed by atoms with Crippen LogP contribution in [0.15, 0.2) is 24.3 Å². The van der Waals surface area contributed by atoms with Gasteiger partial charge < -0.3 is 14.7 Å². The summed E-state index contributed by atoms with van der Waals surface area (Å²) in [7, 11) is 2.20. The second-order valence-corrected chi connectivity index (χ2v) is 8.53. The number of nitrogens with zero attached hydrogens (tertiary/aromatic N) is 3. The average Bonchev–Trinajstić information content (AvgIpc) is 2.68. The summed E-state index contributed by atoms with van der Waals surface area (Å²) in [5.41, 5.74) is 2.50. The molecule has 2 aliphatic heterocycles. The van der Waals surface area contributed by atoms with Gasteiger partial charge in [0.15, 0.2) is 0 Å². The van der Waals surface area contributed by atoms with Crippen LogP contribution in [-0.4, -0.2) is 66.9 Å². The van der Waals surface area contributed by atoms with E-state index in [0.29, 0.717) is 5.91 Å². The number of carbonyl (C=O) groups excluding carboxylic acids is 1. The predicted molar refractivity (Wildman–Crippen MR) is 105 cm³/mol. The lowest BCUT2D eigenvalue weighted by Gasteiger charge is -2.45. The van der Waals surface area contributed by atoms with Crippen LogP contribution in [0.4, 0.5) is 0 Å². The van der Waals surface area contributed by atoms with E-state index in [2.05, 4.69) is 46.0 Å². The highest BCUT2D eigenvalue weighted by Gasteiger charge is 2.47. The van der Waals surface area contributed by atoms with Crippen LogP contribution in [0.5, 0.6) is 0 Å². The van der Waals surface area contributed by atoms with Gasteiger partial charge in [-0.2, -0.15) is 0 Å². The molecule has 142 valence electrons. The van der Waals surface area contributed by atoms with Gasteiger partial charge >= 0.3 is 0 Å². The SMILES string of the molecule is CN1CCN(CCCN2Cc3ccccc3C3(CCCCC3)C2=O)CC1. The Hall–Kier alpha value is -1.39. The number of fused-ring (bicyclic) bond motifs is 2. The Morgan fingerprint density at radius 3 is 2.46 bits per heavy atom. The Labute approximate surface area is 158 Å². The minimum Gasteiger partial charge on any atom is -0.338 e. The van der Waals surface area contributed by atoms with E-state index in [1.54, 1.807) is 0 Å². The molecule has 1 aliphatic carbocycles. The third-order valence-corrected chi connectivity index (χ3v) is 6.80. The van der Waals surface area contributed by atoms with Crippen LogP contribution >= 0.6 is 0 Å². The molecule has 0 atom stereocenters. The van der Waals surface area contributed by atoms with Gasteiger partial charge in [-0.1, -0.05) is 43.5 Å². The lowest BCUT2D eigenvalue weighted by molar-refractivity contribution is -0.141. The summed E-state index contributed by atoms with van der Waals surface area (Å²) < 4.78 is 0. The maximum absolute atomic E-state index is 13.5. The molecule has 2 heterocycles. The summed E-state index contributed by atoms with van der Waals surface area (Å²) in [6.07, 6.45) is 6.83. The van der Waals surface area contributed by atoms with E-state index in [1.165, 1.54) is 43.5 Å². The molecule has 1 saturated carbocycles. The van der Waals surface area contributed by atoms with Crippen LogP contribution in [0.2, 0.25) is 0 Å². The van der Waals surface area contributed by atoms with Crippen molar-refractivity contribution in [3.8, 4) is 0 Å². The van der Waals surface area contributed by atoms with Crippen molar-refractivity contribution < 1.29 is 4.79 Å². The van der Waals surface area contributed by atoms with E-state index in [1.807, 2.05) is 0 Å². The third-order valence-electron chi connectivity index (χ3n) is 6.80. The zero-order chi connectivity index (χ0) is 18.0. The Bertz CT molecular complexity index is 630. The van der Waals surface area contributed by atoms with Gasteiger partial charge in [-0.15, -0.1) is 0 Å². The van der Waals surface area contributed by atoms with E-state index in [4.69, 9.17) is 0 Å². The number of amides is 1. The van der Waals surface area contributed by atoms with Crippen LogP contribution in [0, 0.1) is 0 Å². The molecule has 0 bridgehead atoms. The zero-order valence-corrected chi connectivity index (χ0v) is 16.3. The lowest BCUT2D eigenvalue weighted by Crippen LogP contribution is -2.52. The van der Waals surface area contributed by atoms with Crippen LogP contribution in [0.25, 0.3) is 0 Å². The fourth-order valence-electron chi connectivity index (χ4n) is 5.20. The standard InChI is InChI=1S/C22H33N3O/c1-23-14-16-24(17-15-23)12-7-13-25-18-19-8-3-4-9-20(19)22(21(25)26)10-5-2-6-11-22/h3-4,8-9H,2,5-7,10-18H2,1H3. The van der Waals surface area contributed by atoms with Crippen molar-refractivity contribution in [1.82, 2.24) is 14.7 Å². The molecule has 0 N–H and O–H groups in total. The number of benzene rings is 1. The van der Waals surface area contributed by atoms with Crippen LogP contribution in [0.1, 0.15) is 49.7 Å². The van der Waals surface area contributed by atoms with E-state index < -0.39 is 0 Å². The predicted octanol–water partition coefficient (Wildman–Crippen LogP) is 2.87. The van der Waals surface area contributed by atoms with E-state index in [9.17, 15) is 4.79 Å². The van der Waals surface area contributed by atoms with Gasteiger partial charge in [-0.05, 0) is 44.0 Å². The largest absolute Gasteiger partial charge is 0.338 e.